The molecule has 0 unspecified atom stereocenters. The second-order valence-corrected chi connectivity index (χ2v) is 4.67. The first kappa shape index (κ1) is 13.0. The maximum Gasteiger partial charge on any atom is 0.144 e. The van der Waals surface area contributed by atoms with Crippen molar-refractivity contribution in [1.82, 2.24) is 4.90 Å². The molecule has 1 aliphatic heterocycles. The summed E-state index contributed by atoms with van der Waals surface area (Å²) in [5.74, 6) is 0.747. The summed E-state index contributed by atoms with van der Waals surface area (Å²) >= 11 is 0. The molecule has 5 heteroatoms. The Bertz CT molecular complexity index is 413. The molecule has 1 atom stereocenters. The molecule has 1 fully saturated rings. The van der Waals surface area contributed by atoms with Crippen LogP contribution in [0.25, 0.3) is 0 Å². The molecule has 2 rings (SSSR count). The molecule has 1 saturated heterocycles. The van der Waals surface area contributed by atoms with E-state index in [-0.39, 0.29) is 12.7 Å². The lowest BCUT2D eigenvalue weighted by Crippen LogP contribution is -2.52. The van der Waals surface area contributed by atoms with Gasteiger partial charge in [-0.2, -0.15) is 0 Å². The Morgan fingerprint density at radius 1 is 1.44 bits per heavy atom. The van der Waals surface area contributed by atoms with Crippen LogP contribution in [0, 0.1) is 0 Å². The first-order chi connectivity index (χ1) is 8.65. The van der Waals surface area contributed by atoms with E-state index in [9.17, 15) is 4.39 Å². The van der Waals surface area contributed by atoms with Gasteiger partial charge in [-0.15, -0.1) is 0 Å². The van der Waals surface area contributed by atoms with Crippen molar-refractivity contribution >= 4 is 11.4 Å². The normalized spacial score (nSPS) is 21.1. The van der Waals surface area contributed by atoms with E-state index >= 15 is 0 Å². The number of hydrogen-bond acceptors (Lipinski definition) is 4. The minimum absolute atomic E-state index is 0.0546. The van der Waals surface area contributed by atoms with Crippen molar-refractivity contribution in [3.63, 3.8) is 0 Å². The average molecular weight is 253 g/mol. The van der Waals surface area contributed by atoms with Crippen LogP contribution in [0.2, 0.25) is 0 Å². The van der Waals surface area contributed by atoms with Gasteiger partial charge in [0, 0.05) is 31.4 Å². The minimum Gasteiger partial charge on any atom is -0.495 e. The van der Waals surface area contributed by atoms with E-state index in [1.807, 2.05) is 19.2 Å². The van der Waals surface area contributed by atoms with Crippen molar-refractivity contribution in [1.29, 1.82) is 0 Å². The second-order valence-electron chi connectivity index (χ2n) is 4.67. The summed E-state index contributed by atoms with van der Waals surface area (Å²) < 4.78 is 18.3. The number of nitrogens with zero attached hydrogens (tertiary/aromatic N) is 2. The summed E-state index contributed by atoms with van der Waals surface area (Å²) in [7, 11) is 3.59. The smallest absolute Gasteiger partial charge is 0.144 e. The number of halogens is 1. The lowest BCUT2D eigenvalue weighted by molar-refractivity contribution is 0.183. The number of alkyl halides is 1. The second kappa shape index (κ2) is 5.44. The van der Waals surface area contributed by atoms with Gasteiger partial charge in [0.1, 0.15) is 12.4 Å². The molecule has 1 aliphatic rings. The van der Waals surface area contributed by atoms with E-state index in [1.54, 1.807) is 13.2 Å². The van der Waals surface area contributed by atoms with E-state index in [4.69, 9.17) is 10.5 Å². The maximum absolute atomic E-state index is 12.9. The molecule has 0 radical (unpaired) electrons. The number of nitrogen functional groups attached to an aromatic ring is 1. The number of likely N-dealkylation sites (N-methyl/N-ethyl adjacent to an activating group) is 1. The van der Waals surface area contributed by atoms with Crippen molar-refractivity contribution in [2.45, 2.75) is 6.04 Å². The Morgan fingerprint density at radius 2 is 2.22 bits per heavy atom. The van der Waals surface area contributed by atoms with Gasteiger partial charge in [0.05, 0.1) is 18.8 Å². The van der Waals surface area contributed by atoms with Crippen molar-refractivity contribution < 1.29 is 9.13 Å². The first-order valence-corrected chi connectivity index (χ1v) is 6.10. The zero-order valence-corrected chi connectivity index (χ0v) is 10.9. The number of piperazine rings is 1. The molecule has 100 valence electrons. The molecule has 4 nitrogen and oxygen atoms in total. The highest BCUT2D eigenvalue weighted by Crippen LogP contribution is 2.31. The number of methoxy groups -OCH3 is 1. The third-order valence-electron chi connectivity index (χ3n) is 3.50. The summed E-state index contributed by atoms with van der Waals surface area (Å²) in [4.78, 5) is 4.21. The molecule has 0 amide bonds. The highest BCUT2D eigenvalue weighted by molar-refractivity contribution is 5.64. The Kier molecular flexibility index (Phi) is 3.91. The maximum atomic E-state index is 12.9. The number of hydrogen-bond donors (Lipinski definition) is 1. The monoisotopic (exact) mass is 253 g/mol. The van der Waals surface area contributed by atoms with E-state index in [0.29, 0.717) is 12.2 Å². The topological polar surface area (TPSA) is 41.7 Å². The summed E-state index contributed by atoms with van der Waals surface area (Å²) in [5.41, 5.74) is 7.40. The summed E-state index contributed by atoms with van der Waals surface area (Å²) in [6.07, 6.45) is 0. The third-order valence-corrected chi connectivity index (χ3v) is 3.50. The summed E-state index contributed by atoms with van der Waals surface area (Å²) in [6.45, 7) is 2.06. The van der Waals surface area contributed by atoms with Crippen LogP contribution in [-0.4, -0.2) is 51.4 Å². The molecule has 2 N–H and O–H groups in total. The minimum atomic E-state index is -0.329. The van der Waals surface area contributed by atoms with Crippen molar-refractivity contribution in [3.8, 4) is 5.75 Å². The number of anilines is 2. The van der Waals surface area contributed by atoms with Crippen LogP contribution in [0.15, 0.2) is 18.2 Å². The van der Waals surface area contributed by atoms with Crippen LogP contribution < -0.4 is 15.4 Å². The fraction of sp³-hybridized carbons (Fsp3) is 0.538. The molecule has 0 aliphatic carbocycles. The molecular formula is C13H20FN3O. The Hall–Kier alpha value is -1.49. The average Bonchev–Trinajstić information content (AvgIpc) is 2.39. The predicted molar refractivity (Wildman–Crippen MR) is 72.0 cm³/mol. The molecule has 0 spiro atoms. The van der Waals surface area contributed by atoms with Crippen LogP contribution in [0.5, 0.6) is 5.75 Å². The van der Waals surface area contributed by atoms with Crippen LogP contribution in [0.3, 0.4) is 0 Å². The number of ether oxygens (including phenoxy) is 1. The van der Waals surface area contributed by atoms with Crippen LogP contribution in [0.1, 0.15) is 0 Å². The first-order valence-electron chi connectivity index (χ1n) is 6.10. The molecule has 0 bridgehead atoms. The van der Waals surface area contributed by atoms with Gasteiger partial charge >= 0.3 is 0 Å². The number of benzene rings is 1. The number of nitrogens with two attached hydrogens (primary N) is 1. The van der Waals surface area contributed by atoms with Gasteiger partial charge in [-0.25, -0.2) is 4.39 Å². The third kappa shape index (κ3) is 2.51. The van der Waals surface area contributed by atoms with Gasteiger partial charge in [0.25, 0.3) is 0 Å². The van der Waals surface area contributed by atoms with Gasteiger partial charge in [0.15, 0.2) is 0 Å². The molecule has 0 aromatic heterocycles. The summed E-state index contributed by atoms with van der Waals surface area (Å²) in [6, 6.07) is 5.54. The van der Waals surface area contributed by atoms with Crippen LogP contribution in [-0.2, 0) is 0 Å². The van der Waals surface area contributed by atoms with E-state index < -0.39 is 0 Å². The van der Waals surface area contributed by atoms with E-state index in [1.165, 1.54) is 0 Å². The highest BCUT2D eigenvalue weighted by Gasteiger charge is 2.25. The molecule has 18 heavy (non-hydrogen) atoms. The van der Waals surface area contributed by atoms with Crippen molar-refractivity contribution in [3.05, 3.63) is 18.2 Å². The molecule has 1 heterocycles. The largest absolute Gasteiger partial charge is 0.495 e. The van der Waals surface area contributed by atoms with Crippen LogP contribution in [0.4, 0.5) is 15.8 Å². The van der Waals surface area contributed by atoms with Crippen molar-refractivity contribution in [2.75, 3.05) is 51.1 Å². The number of rotatable bonds is 3. The van der Waals surface area contributed by atoms with Gasteiger partial charge in [-0.1, -0.05) is 0 Å². The van der Waals surface area contributed by atoms with E-state index in [2.05, 4.69) is 9.80 Å². The summed E-state index contributed by atoms with van der Waals surface area (Å²) in [5, 5.41) is 0. The Balaban J connectivity index is 2.21. The zero-order chi connectivity index (χ0) is 13.1. The fourth-order valence-corrected chi connectivity index (χ4v) is 2.29. The Morgan fingerprint density at radius 3 is 2.89 bits per heavy atom. The van der Waals surface area contributed by atoms with Gasteiger partial charge in [0.2, 0.25) is 0 Å². The Labute approximate surface area is 107 Å². The van der Waals surface area contributed by atoms with E-state index in [0.717, 1.165) is 24.5 Å². The van der Waals surface area contributed by atoms with Gasteiger partial charge < -0.3 is 15.4 Å². The predicted octanol–water partition coefficient (Wildman–Crippen LogP) is 1.37. The van der Waals surface area contributed by atoms with Gasteiger partial charge in [-0.05, 0) is 19.2 Å². The van der Waals surface area contributed by atoms with Gasteiger partial charge in [-0.3, -0.25) is 4.90 Å². The fourth-order valence-electron chi connectivity index (χ4n) is 2.29. The molecule has 1 aromatic rings. The lowest BCUT2D eigenvalue weighted by Gasteiger charge is -2.39. The lowest BCUT2D eigenvalue weighted by atomic mass is 10.1. The molecule has 0 saturated carbocycles. The highest BCUT2D eigenvalue weighted by atomic mass is 19.1. The zero-order valence-electron chi connectivity index (χ0n) is 10.9. The molecule has 1 aromatic carbocycles. The quantitative estimate of drug-likeness (QED) is 0.826. The standard InChI is InChI=1S/C13H20FN3O/c1-16-5-6-17(9-11(16)8-14)12-4-3-10(15)7-13(12)18-2/h3-4,7,11H,5-6,8-9,15H2,1-2H3/t11-/m0/s1. The van der Waals surface area contributed by atoms with Crippen molar-refractivity contribution in [2.24, 2.45) is 0 Å². The molecular weight excluding hydrogens is 233 g/mol. The van der Waals surface area contributed by atoms with Crippen LogP contribution >= 0.6 is 0 Å². The SMILES string of the molecule is COc1cc(N)ccc1N1CCN(C)[C@@H](CF)C1.